The molecule has 4 heterocycles. The Morgan fingerprint density at radius 2 is 1.74 bits per heavy atom. The molecule has 2 N–H and O–H groups in total. The Morgan fingerprint density at radius 1 is 1.04 bits per heavy atom. The largest absolute Gasteiger partial charge is 0.382 e. The van der Waals surface area contributed by atoms with Crippen molar-refractivity contribution in [2.75, 3.05) is 39.0 Å². The van der Waals surface area contributed by atoms with Gasteiger partial charge in [0.2, 0.25) is 0 Å². The van der Waals surface area contributed by atoms with Gasteiger partial charge in [0.05, 0.1) is 11.4 Å². The maximum Gasteiger partial charge on any atom is 0.163 e. The zero-order valence-electron chi connectivity index (χ0n) is 13.7. The van der Waals surface area contributed by atoms with Crippen molar-refractivity contribution in [2.45, 2.75) is 37.8 Å². The van der Waals surface area contributed by atoms with Crippen LogP contribution in [-0.2, 0) is 0 Å². The lowest BCUT2D eigenvalue weighted by Gasteiger charge is -2.41. The van der Waals surface area contributed by atoms with Crippen molar-refractivity contribution in [1.82, 2.24) is 29.5 Å². The van der Waals surface area contributed by atoms with Gasteiger partial charge in [0.15, 0.2) is 11.5 Å². The molecule has 2 aliphatic rings. The molecular weight excluding hydrogens is 290 g/mol. The lowest BCUT2D eigenvalue weighted by atomic mass is 9.98. The van der Waals surface area contributed by atoms with Crippen molar-refractivity contribution in [3.8, 4) is 0 Å². The number of hydrogen-bond acceptors (Lipinski definition) is 6. The minimum Gasteiger partial charge on any atom is -0.382 e. The molecule has 7 nitrogen and oxygen atoms in total. The molecule has 0 atom stereocenters. The van der Waals surface area contributed by atoms with Crippen molar-refractivity contribution in [3.05, 3.63) is 12.5 Å². The predicted molar refractivity (Wildman–Crippen MR) is 90.1 cm³/mol. The maximum atomic E-state index is 6.01. The number of fused-ring (bicyclic) bond motifs is 1. The van der Waals surface area contributed by atoms with Crippen molar-refractivity contribution < 1.29 is 0 Å². The second-order valence-corrected chi connectivity index (χ2v) is 6.89. The summed E-state index contributed by atoms with van der Waals surface area (Å²) in [6, 6.07) is 1.15. The first kappa shape index (κ1) is 14.8. The number of rotatable bonds is 2. The van der Waals surface area contributed by atoms with Gasteiger partial charge < -0.3 is 15.5 Å². The van der Waals surface area contributed by atoms with Gasteiger partial charge in [0.25, 0.3) is 0 Å². The number of nitrogens with zero attached hydrogens (tertiary/aromatic N) is 6. The van der Waals surface area contributed by atoms with Gasteiger partial charge >= 0.3 is 0 Å². The number of aromatic nitrogens is 4. The van der Waals surface area contributed by atoms with E-state index in [0.29, 0.717) is 11.9 Å². The Balaban J connectivity index is 1.45. The summed E-state index contributed by atoms with van der Waals surface area (Å²) in [6.45, 7) is 4.74. The van der Waals surface area contributed by atoms with Crippen LogP contribution in [0.4, 0.5) is 5.82 Å². The molecule has 124 valence electrons. The predicted octanol–water partition coefficient (Wildman–Crippen LogP) is 1.14. The third kappa shape index (κ3) is 2.79. The first-order chi connectivity index (χ1) is 11.2. The summed E-state index contributed by atoms with van der Waals surface area (Å²) < 4.78 is 2.03. The van der Waals surface area contributed by atoms with Crippen molar-refractivity contribution in [3.63, 3.8) is 0 Å². The van der Waals surface area contributed by atoms with Crippen LogP contribution in [0.2, 0.25) is 0 Å². The van der Waals surface area contributed by atoms with Gasteiger partial charge in [-0.05, 0) is 45.8 Å². The van der Waals surface area contributed by atoms with E-state index in [4.69, 9.17) is 5.73 Å². The van der Waals surface area contributed by atoms with Crippen LogP contribution in [0.25, 0.3) is 11.0 Å². The van der Waals surface area contributed by atoms with Crippen molar-refractivity contribution in [2.24, 2.45) is 0 Å². The molecule has 2 aliphatic heterocycles. The monoisotopic (exact) mass is 315 g/mol. The fraction of sp³-hybridized carbons (Fsp3) is 0.688. The van der Waals surface area contributed by atoms with Crippen LogP contribution in [0.1, 0.15) is 31.7 Å². The van der Waals surface area contributed by atoms with E-state index < -0.39 is 0 Å². The molecule has 0 unspecified atom stereocenters. The molecule has 2 fully saturated rings. The summed E-state index contributed by atoms with van der Waals surface area (Å²) >= 11 is 0. The number of nitrogens with two attached hydrogens (primary N) is 1. The first-order valence-corrected chi connectivity index (χ1v) is 8.58. The summed E-state index contributed by atoms with van der Waals surface area (Å²) in [6.07, 6.45) is 8.17. The van der Waals surface area contributed by atoms with Crippen LogP contribution in [0, 0.1) is 0 Å². The minimum absolute atomic E-state index is 0.396. The molecule has 2 saturated heterocycles. The van der Waals surface area contributed by atoms with E-state index in [0.717, 1.165) is 43.0 Å². The lowest BCUT2D eigenvalue weighted by Crippen LogP contribution is -2.47. The van der Waals surface area contributed by atoms with E-state index in [2.05, 4.69) is 31.9 Å². The van der Waals surface area contributed by atoms with E-state index >= 15 is 0 Å². The Kier molecular flexibility index (Phi) is 3.90. The second-order valence-electron chi connectivity index (χ2n) is 6.89. The van der Waals surface area contributed by atoms with E-state index in [1.165, 1.54) is 25.9 Å². The quantitative estimate of drug-likeness (QED) is 0.895. The highest BCUT2D eigenvalue weighted by Crippen LogP contribution is 2.29. The molecule has 2 aromatic heterocycles. The van der Waals surface area contributed by atoms with Crippen LogP contribution < -0.4 is 5.73 Å². The minimum atomic E-state index is 0.396. The Morgan fingerprint density at radius 3 is 2.48 bits per heavy atom. The number of likely N-dealkylation sites (tertiary alicyclic amines) is 2. The lowest BCUT2D eigenvalue weighted by molar-refractivity contribution is 0.0859. The normalized spacial score (nSPS) is 22.8. The molecule has 0 radical (unpaired) electrons. The molecular formula is C16H25N7. The zero-order valence-corrected chi connectivity index (χ0v) is 13.7. The molecule has 0 saturated carbocycles. The molecule has 23 heavy (non-hydrogen) atoms. The Hall–Kier alpha value is -1.73. The molecule has 0 aromatic carbocycles. The molecule has 0 spiro atoms. The molecule has 0 bridgehead atoms. The number of hydrogen-bond donors (Lipinski definition) is 1. The standard InChI is InChI=1S/C16H25N7/c1-21-6-2-12(3-7-21)22-8-4-13(5-9-22)23-16-14(15(17)20-23)10-18-11-19-16/h10-13H,2-9H2,1H3,(H2,17,20). The molecule has 4 rings (SSSR count). The molecule has 0 aliphatic carbocycles. The van der Waals surface area contributed by atoms with E-state index in [9.17, 15) is 0 Å². The third-order valence-electron chi connectivity index (χ3n) is 5.45. The Labute approximate surface area is 136 Å². The Bertz CT molecular complexity index is 666. The van der Waals surface area contributed by atoms with Gasteiger partial charge in [-0.25, -0.2) is 14.6 Å². The van der Waals surface area contributed by atoms with Crippen molar-refractivity contribution in [1.29, 1.82) is 0 Å². The highest BCUT2D eigenvalue weighted by atomic mass is 15.4. The molecule has 0 amide bonds. The smallest absolute Gasteiger partial charge is 0.163 e. The summed E-state index contributed by atoms with van der Waals surface area (Å²) in [7, 11) is 2.22. The van der Waals surface area contributed by atoms with Gasteiger partial charge in [0, 0.05) is 25.3 Å². The highest BCUT2D eigenvalue weighted by Gasteiger charge is 2.29. The number of anilines is 1. The summed E-state index contributed by atoms with van der Waals surface area (Å²) in [4.78, 5) is 13.5. The molecule has 7 heteroatoms. The second kappa shape index (κ2) is 6.05. The highest BCUT2D eigenvalue weighted by molar-refractivity contribution is 5.85. The van der Waals surface area contributed by atoms with Crippen LogP contribution in [0.5, 0.6) is 0 Å². The van der Waals surface area contributed by atoms with Crippen LogP contribution in [-0.4, -0.2) is 68.8 Å². The van der Waals surface area contributed by atoms with E-state index in [-0.39, 0.29) is 0 Å². The molecule has 2 aromatic rings. The van der Waals surface area contributed by atoms with Gasteiger partial charge in [-0.1, -0.05) is 0 Å². The SMILES string of the molecule is CN1CCC(N2CCC(n3nc(N)c4cncnc43)CC2)CC1. The van der Waals surface area contributed by atoms with Gasteiger partial charge in [-0.2, -0.15) is 5.10 Å². The summed E-state index contributed by atoms with van der Waals surface area (Å²) in [5, 5.41) is 5.39. The third-order valence-corrected chi connectivity index (χ3v) is 5.45. The maximum absolute atomic E-state index is 6.01. The van der Waals surface area contributed by atoms with Crippen LogP contribution in [0.15, 0.2) is 12.5 Å². The van der Waals surface area contributed by atoms with Crippen molar-refractivity contribution >= 4 is 16.9 Å². The first-order valence-electron chi connectivity index (χ1n) is 8.58. The average molecular weight is 315 g/mol. The topological polar surface area (TPSA) is 76.1 Å². The van der Waals surface area contributed by atoms with Crippen LogP contribution in [0.3, 0.4) is 0 Å². The van der Waals surface area contributed by atoms with Gasteiger partial charge in [0.1, 0.15) is 6.33 Å². The van der Waals surface area contributed by atoms with Gasteiger partial charge in [-0.3, -0.25) is 0 Å². The summed E-state index contributed by atoms with van der Waals surface area (Å²) in [5.74, 6) is 0.540. The van der Waals surface area contributed by atoms with E-state index in [1.807, 2.05) is 4.68 Å². The van der Waals surface area contributed by atoms with Gasteiger partial charge in [-0.15, -0.1) is 0 Å². The van der Waals surface area contributed by atoms with Crippen LogP contribution >= 0.6 is 0 Å². The number of piperidine rings is 2. The summed E-state index contributed by atoms with van der Waals surface area (Å²) in [5.41, 5.74) is 6.88. The van der Waals surface area contributed by atoms with E-state index in [1.54, 1.807) is 12.5 Å². The average Bonchev–Trinajstić information content (AvgIpc) is 2.93. The zero-order chi connectivity index (χ0) is 15.8. The fourth-order valence-electron chi connectivity index (χ4n) is 4.01. The number of nitrogen functional groups attached to an aromatic ring is 1. The fourth-order valence-corrected chi connectivity index (χ4v) is 4.01.